The third-order valence-corrected chi connectivity index (χ3v) is 6.69. The van der Waals surface area contributed by atoms with Crippen molar-refractivity contribution in [3.63, 3.8) is 0 Å². The number of rotatable bonds is 6. The second-order valence-corrected chi connectivity index (χ2v) is 8.69. The van der Waals surface area contributed by atoms with Crippen molar-refractivity contribution in [2.45, 2.75) is 54.9 Å². The first-order valence-electron chi connectivity index (χ1n) is 9.50. The Kier molecular flexibility index (Phi) is 7.22. The molecule has 1 unspecified atom stereocenters. The van der Waals surface area contributed by atoms with Crippen LogP contribution in [0, 0.1) is 11.6 Å². The summed E-state index contributed by atoms with van der Waals surface area (Å²) in [5.74, 6) is -0.544. The predicted molar refractivity (Wildman–Crippen MR) is 113 cm³/mol. The van der Waals surface area contributed by atoms with Gasteiger partial charge >= 0.3 is 0 Å². The van der Waals surface area contributed by atoms with Crippen LogP contribution in [0.25, 0.3) is 0 Å². The molecule has 5 heteroatoms. The minimum Gasteiger partial charge on any atom is -0.365 e. The predicted octanol–water partition coefficient (Wildman–Crippen LogP) is 6.09. The highest BCUT2D eigenvalue weighted by atomic mass is 127. The number of piperidine rings is 1. The molecule has 1 aliphatic heterocycles. The van der Waals surface area contributed by atoms with E-state index in [1.54, 1.807) is 24.3 Å². The summed E-state index contributed by atoms with van der Waals surface area (Å²) in [6.45, 7) is 2.21. The van der Waals surface area contributed by atoms with E-state index in [0.29, 0.717) is 10.1 Å². The average molecular weight is 485 g/mol. The van der Waals surface area contributed by atoms with Crippen LogP contribution in [0.4, 0.5) is 8.78 Å². The van der Waals surface area contributed by atoms with E-state index in [2.05, 4.69) is 41.5 Å². The van der Waals surface area contributed by atoms with Gasteiger partial charge in [0.05, 0.1) is 10.2 Å². The van der Waals surface area contributed by atoms with Crippen molar-refractivity contribution < 1.29 is 13.5 Å². The van der Waals surface area contributed by atoms with Crippen LogP contribution in [0.2, 0.25) is 0 Å². The molecule has 2 aromatic carbocycles. The van der Waals surface area contributed by atoms with Gasteiger partial charge in [0, 0.05) is 6.04 Å². The number of likely N-dealkylation sites (tertiary alicyclic amines) is 1. The van der Waals surface area contributed by atoms with Gasteiger partial charge in [0.1, 0.15) is 17.7 Å². The van der Waals surface area contributed by atoms with E-state index in [9.17, 15) is 8.78 Å². The lowest BCUT2D eigenvalue weighted by Gasteiger charge is -2.42. The number of benzene rings is 2. The number of halogens is 3. The van der Waals surface area contributed by atoms with Gasteiger partial charge in [0.2, 0.25) is 0 Å². The van der Waals surface area contributed by atoms with Crippen molar-refractivity contribution in [1.29, 1.82) is 0 Å². The molecule has 3 rings (SSSR count). The van der Waals surface area contributed by atoms with Gasteiger partial charge in [-0.05, 0) is 61.7 Å². The van der Waals surface area contributed by atoms with Crippen LogP contribution in [0.15, 0.2) is 48.5 Å². The maximum Gasteiger partial charge on any atom is 0.123 e. The van der Waals surface area contributed by atoms with Gasteiger partial charge < -0.3 is 4.74 Å². The molecule has 0 radical (unpaired) electrons. The Morgan fingerprint density at radius 3 is 2.00 bits per heavy atom. The maximum absolute atomic E-state index is 13.4. The van der Waals surface area contributed by atoms with E-state index in [1.165, 1.54) is 24.3 Å². The van der Waals surface area contributed by atoms with Crippen LogP contribution < -0.4 is 0 Å². The van der Waals surface area contributed by atoms with Crippen LogP contribution in [-0.4, -0.2) is 28.1 Å². The molecular weight excluding hydrogens is 459 g/mol. The molecular formula is C22H26F2INO. The van der Waals surface area contributed by atoms with E-state index in [0.717, 1.165) is 36.8 Å². The van der Waals surface area contributed by atoms with Crippen molar-refractivity contribution in [3.8, 4) is 0 Å². The lowest BCUT2D eigenvalue weighted by molar-refractivity contribution is -0.0438. The molecule has 0 bridgehead atoms. The Morgan fingerprint density at radius 1 is 1.00 bits per heavy atom. The van der Waals surface area contributed by atoms with Gasteiger partial charge in [-0.15, -0.1) is 0 Å². The highest BCUT2D eigenvalue weighted by Crippen LogP contribution is 2.35. The molecule has 2 aromatic rings. The van der Waals surface area contributed by atoms with Crippen molar-refractivity contribution in [2.24, 2.45) is 0 Å². The Bertz CT molecular complexity index is 677. The molecule has 2 nitrogen and oxygen atoms in total. The average Bonchev–Trinajstić information content (AvgIpc) is 2.65. The highest BCUT2D eigenvalue weighted by Gasteiger charge is 2.33. The number of hydrogen-bond acceptors (Lipinski definition) is 2. The summed E-state index contributed by atoms with van der Waals surface area (Å²) in [7, 11) is 2.19. The molecule has 27 heavy (non-hydrogen) atoms. The van der Waals surface area contributed by atoms with E-state index in [-0.39, 0.29) is 23.8 Å². The first kappa shape index (κ1) is 20.7. The standard InChI is InChI=1S/C22H26F2INO/c1-3-4-19-13-20(14-21(25)26(19)2)27-22(15-5-9-17(23)10-6-15)16-7-11-18(24)12-8-16/h5-12,19-22H,3-4,13-14H2,1-2H3/t19-,20?,21+/m1/s1. The Labute approximate surface area is 174 Å². The minimum atomic E-state index is -0.328. The quantitative estimate of drug-likeness (QED) is 0.279. The van der Waals surface area contributed by atoms with Crippen molar-refractivity contribution in [2.75, 3.05) is 7.05 Å². The Morgan fingerprint density at radius 2 is 1.52 bits per heavy atom. The molecule has 1 saturated heterocycles. The van der Waals surface area contributed by atoms with Gasteiger partial charge in [-0.3, -0.25) is 4.90 Å². The van der Waals surface area contributed by atoms with Crippen LogP contribution in [0.3, 0.4) is 0 Å². The molecule has 0 spiro atoms. The molecule has 0 aliphatic carbocycles. The first-order chi connectivity index (χ1) is 13.0. The topological polar surface area (TPSA) is 12.5 Å². The summed E-state index contributed by atoms with van der Waals surface area (Å²) >= 11 is 2.48. The van der Waals surface area contributed by atoms with Crippen LogP contribution in [0.5, 0.6) is 0 Å². The second-order valence-electron chi connectivity index (χ2n) is 7.26. The van der Waals surface area contributed by atoms with E-state index in [4.69, 9.17) is 4.74 Å². The van der Waals surface area contributed by atoms with Crippen LogP contribution in [-0.2, 0) is 4.74 Å². The van der Waals surface area contributed by atoms with E-state index >= 15 is 0 Å². The first-order valence-corrected chi connectivity index (χ1v) is 10.7. The smallest absolute Gasteiger partial charge is 0.123 e. The van der Waals surface area contributed by atoms with Crippen molar-refractivity contribution >= 4 is 22.6 Å². The monoisotopic (exact) mass is 485 g/mol. The Hall–Kier alpha value is -1.05. The largest absolute Gasteiger partial charge is 0.365 e. The van der Waals surface area contributed by atoms with Gasteiger partial charge in [-0.2, -0.15) is 0 Å². The molecule has 1 heterocycles. The maximum atomic E-state index is 13.4. The molecule has 146 valence electrons. The minimum absolute atomic E-state index is 0.111. The van der Waals surface area contributed by atoms with Gasteiger partial charge in [0.25, 0.3) is 0 Å². The zero-order valence-corrected chi connectivity index (χ0v) is 17.9. The SMILES string of the molecule is CCC[C@@H]1CC(OC(c2ccc(F)cc2)c2ccc(F)cc2)C[C@@H](I)N1C. The zero-order chi connectivity index (χ0) is 19.4. The number of nitrogens with zero attached hydrogens (tertiary/aromatic N) is 1. The molecule has 0 aromatic heterocycles. The molecule has 1 aliphatic rings. The molecule has 0 N–H and O–H groups in total. The third kappa shape index (κ3) is 5.27. The molecule has 1 fully saturated rings. The van der Waals surface area contributed by atoms with Gasteiger partial charge in [-0.25, -0.2) is 8.78 Å². The summed E-state index contributed by atoms with van der Waals surface area (Å²) in [5.41, 5.74) is 1.78. The van der Waals surface area contributed by atoms with Gasteiger partial charge in [-0.1, -0.05) is 60.2 Å². The number of hydrogen-bond donors (Lipinski definition) is 0. The lowest BCUT2D eigenvalue weighted by Crippen LogP contribution is -2.46. The fraction of sp³-hybridized carbons (Fsp3) is 0.455. The zero-order valence-electron chi connectivity index (χ0n) is 15.7. The second kappa shape index (κ2) is 9.43. The molecule has 0 saturated carbocycles. The summed E-state index contributed by atoms with van der Waals surface area (Å²) in [4.78, 5) is 2.44. The fourth-order valence-corrected chi connectivity index (χ4v) is 4.78. The lowest BCUT2D eigenvalue weighted by atomic mass is 9.95. The molecule has 3 atom stereocenters. The number of alkyl halides is 1. The van der Waals surface area contributed by atoms with Crippen LogP contribution in [0.1, 0.15) is 49.8 Å². The van der Waals surface area contributed by atoms with Crippen molar-refractivity contribution in [3.05, 3.63) is 71.3 Å². The third-order valence-electron chi connectivity index (χ3n) is 5.31. The van der Waals surface area contributed by atoms with E-state index in [1.807, 2.05) is 0 Å². The highest BCUT2D eigenvalue weighted by molar-refractivity contribution is 14.1. The van der Waals surface area contributed by atoms with Gasteiger partial charge in [0.15, 0.2) is 0 Å². The van der Waals surface area contributed by atoms with E-state index < -0.39 is 0 Å². The normalized spacial score (nSPS) is 23.7. The summed E-state index contributed by atoms with van der Waals surface area (Å²) in [6, 6.07) is 13.3. The molecule has 0 amide bonds. The fourth-order valence-electron chi connectivity index (χ4n) is 3.76. The van der Waals surface area contributed by atoms with Crippen molar-refractivity contribution in [1.82, 2.24) is 4.90 Å². The summed E-state index contributed by atoms with van der Waals surface area (Å²) in [5, 5.41) is 0. The summed E-state index contributed by atoms with van der Waals surface area (Å²) in [6.07, 6.45) is 3.99. The number of ether oxygens (including phenoxy) is 1. The Balaban J connectivity index is 1.84. The summed E-state index contributed by atoms with van der Waals surface area (Å²) < 4.78 is 33.8. The van der Waals surface area contributed by atoms with Crippen LogP contribution >= 0.6 is 22.6 Å².